The Morgan fingerprint density at radius 2 is 2.19 bits per heavy atom. The van der Waals surface area contributed by atoms with Crippen LogP contribution in [0, 0.1) is 0 Å². The molecule has 1 aliphatic rings. The molecule has 1 N–H and O–H groups in total. The van der Waals surface area contributed by atoms with E-state index >= 15 is 0 Å². The molecule has 0 amide bonds. The molecule has 88 valence electrons. The van der Waals surface area contributed by atoms with Crippen LogP contribution in [0.2, 0.25) is 0 Å². The summed E-state index contributed by atoms with van der Waals surface area (Å²) in [6, 6.07) is 0. The van der Waals surface area contributed by atoms with Crippen LogP contribution in [-0.2, 0) is 29.0 Å². The molecule has 2 rings (SSSR count). The lowest BCUT2D eigenvalue weighted by Gasteiger charge is -2.03. The van der Waals surface area contributed by atoms with Crippen molar-refractivity contribution in [3.8, 4) is 0 Å². The number of aromatic nitrogens is 2. The van der Waals surface area contributed by atoms with Crippen molar-refractivity contribution in [3.05, 3.63) is 17.0 Å². The van der Waals surface area contributed by atoms with E-state index in [1.54, 1.807) is 0 Å². The van der Waals surface area contributed by atoms with Gasteiger partial charge in [0.05, 0.1) is 5.69 Å². The second-order valence-corrected chi connectivity index (χ2v) is 4.30. The summed E-state index contributed by atoms with van der Waals surface area (Å²) >= 11 is 1.33. The van der Waals surface area contributed by atoms with Gasteiger partial charge in [-0.15, -0.1) is 0 Å². The largest absolute Gasteiger partial charge is 0.480 e. The van der Waals surface area contributed by atoms with Crippen LogP contribution in [0.4, 0.5) is 13.2 Å². The highest BCUT2D eigenvalue weighted by Crippen LogP contribution is 2.39. The van der Waals surface area contributed by atoms with Crippen LogP contribution in [0.3, 0.4) is 0 Å². The molecule has 16 heavy (non-hydrogen) atoms. The molecule has 1 aliphatic heterocycles. The summed E-state index contributed by atoms with van der Waals surface area (Å²) in [6.07, 6.45) is -4.52. The smallest absolute Gasteiger partial charge is 0.435 e. The van der Waals surface area contributed by atoms with Gasteiger partial charge >= 0.3 is 12.1 Å². The number of thioether (sulfide) groups is 1. The van der Waals surface area contributed by atoms with Gasteiger partial charge in [-0.3, -0.25) is 9.48 Å². The van der Waals surface area contributed by atoms with Crippen molar-refractivity contribution >= 4 is 17.7 Å². The summed E-state index contributed by atoms with van der Waals surface area (Å²) in [5.41, 5.74) is -0.452. The van der Waals surface area contributed by atoms with Crippen molar-refractivity contribution in [1.29, 1.82) is 0 Å². The Morgan fingerprint density at radius 1 is 1.50 bits per heavy atom. The first-order chi connectivity index (χ1) is 7.39. The SMILES string of the molecule is O=C(O)Cn1nc(C(F)(F)F)c2c1CSC2. The van der Waals surface area contributed by atoms with Crippen molar-refractivity contribution < 1.29 is 23.1 Å². The number of hydrogen-bond donors (Lipinski definition) is 1. The van der Waals surface area contributed by atoms with E-state index in [1.165, 1.54) is 11.8 Å². The number of hydrogen-bond acceptors (Lipinski definition) is 3. The Hall–Kier alpha value is -1.18. The number of halogens is 3. The molecule has 0 fully saturated rings. The average Bonchev–Trinajstić information content (AvgIpc) is 2.65. The van der Waals surface area contributed by atoms with Gasteiger partial charge in [-0.2, -0.15) is 30.0 Å². The maximum absolute atomic E-state index is 12.6. The quantitative estimate of drug-likeness (QED) is 0.871. The molecule has 0 unspecified atom stereocenters. The number of nitrogens with zero attached hydrogens (tertiary/aromatic N) is 2. The fourth-order valence-corrected chi connectivity index (χ4v) is 2.71. The molecule has 4 nitrogen and oxygen atoms in total. The first kappa shape index (κ1) is 11.3. The minimum Gasteiger partial charge on any atom is -0.480 e. The monoisotopic (exact) mass is 252 g/mol. The minimum atomic E-state index is -4.52. The van der Waals surface area contributed by atoms with Gasteiger partial charge in [0.1, 0.15) is 6.54 Å². The third kappa shape index (κ3) is 1.89. The highest BCUT2D eigenvalue weighted by molar-refractivity contribution is 7.98. The average molecular weight is 252 g/mol. The highest BCUT2D eigenvalue weighted by atomic mass is 32.2. The molecule has 0 atom stereocenters. The molecule has 2 heterocycles. The van der Waals surface area contributed by atoms with E-state index in [0.29, 0.717) is 11.4 Å². The van der Waals surface area contributed by atoms with E-state index < -0.39 is 24.4 Å². The van der Waals surface area contributed by atoms with Crippen LogP contribution in [-0.4, -0.2) is 20.9 Å². The normalized spacial score (nSPS) is 15.2. The molecular weight excluding hydrogens is 245 g/mol. The Bertz CT molecular complexity index is 441. The van der Waals surface area contributed by atoms with Gasteiger partial charge in [0.25, 0.3) is 0 Å². The number of carbonyl (C=O) groups is 1. The van der Waals surface area contributed by atoms with Gasteiger partial charge in [-0.1, -0.05) is 0 Å². The predicted molar refractivity (Wildman–Crippen MR) is 49.9 cm³/mol. The molecule has 1 aromatic heterocycles. The summed E-state index contributed by atoms with van der Waals surface area (Å²) in [5, 5.41) is 11.9. The first-order valence-electron chi connectivity index (χ1n) is 4.35. The summed E-state index contributed by atoms with van der Waals surface area (Å²) in [7, 11) is 0. The lowest BCUT2D eigenvalue weighted by atomic mass is 10.2. The number of fused-ring (bicyclic) bond motifs is 1. The van der Waals surface area contributed by atoms with Crippen molar-refractivity contribution in [3.63, 3.8) is 0 Å². The van der Waals surface area contributed by atoms with E-state index in [2.05, 4.69) is 5.10 Å². The van der Waals surface area contributed by atoms with Crippen LogP contribution in [0.25, 0.3) is 0 Å². The lowest BCUT2D eigenvalue weighted by Crippen LogP contribution is -2.14. The second kappa shape index (κ2) is 3.69. The number of alkyl halides is 3. The predicted octanol–water partition coefficient (Wildman–Crippen LogP) is 1.73. The van der Waals surface area contributed by atoms with E-state index in [1.807, 2.05) is 0 Å². The Morgan fingerprint density at radius 3 is 2.75 bits per heavy atom. The highest BCUT2D eigenvalue weighted by Gasteiger charge is 2.40. The second-order valence-electron chi connectivity index (χ2n) is 3.32. The maximum atomic E-state index is 12.6. The van der Waals surface area contributed by atoms with E-state index in [-0.39, 0.29) is 11.3 Å². The van der Waals surface area contributed by atoms with Crippen molar-refractivity contribution in [1.82, 2.24) is 9.78 Å². The molecule has 0 spiro atoms. The minimum absolute atomic E-state index is 0.124. The molecular formula is C8H7F3N2O2S. The van der Waals surface area contributed by atoms with Gasteiger partial charge in [0.15, 0.2) is 5.69 Å². The summed E-state index contributed by atoms with van der Waals surface area (Å²) in [4.78, 5) is 10.5. The zero-order valence-corrected chi connectivity index (χ0v) is 8.73. The first-order valence-corrected chi connectivity index (χ1v) is 5.50. The Balaban J connectivity index is 2.45. The van der Waals surface area contributed by atoms with Gasteiger partial charge in [-0.25, -0.2) is 0 Å². The van der Waals surface area contributed by atoms with E-state index in [0.717, 1.165) is 4.68 Å². The standard InChI is InChI=1S/C8H7F3N2O2S/c9-8(10,11)7-4-2-16-3-5(4)13(12-7)1-6(14)15/h1-3H2,(H,14,15). The van der Waals surface area contributed by atoms with Gasteiger partial charge < -0.3 is 5.11 Å². The molecule has 0 saturated heterocycles. The molecule has 0 aliphatic carbocycles. The number of rotatable bonds is 2. The van der Waals surface area contributed by atoms with Crippen molar-refractivity contribution in [2.45, 2.75) is 24.2 Å². The van der Waals surface area contributed by atoms with Crippen LogP contribution in [0.1, 0.15) is 17.0 Å². The molecule has 0 aromatic carbocycles. The summed E-state index contributed by atoms with van der Waals surface area (Å²) < 4.78 is 38.6. The fraction of sp³-hybridized carbons (Fsp3) is 0.500. The lowest BCUT2D eigenvalue weighted by molar-refractivity contribution is -0.143. The van der Waals surface area contributed by atoms with Crippen LogP contribution >= 0.6 is 11.8 Å². The van der Waals surface area contributed by atoms with E-state index in [4.69, 9.17) is 5.11 Å². The number of carboxylic acid groups (broad SMARTS) is 1. The van der Waals surface area contributed by atoms with Gasteiger partial charge in [-0.05, 0) is 0 Å². The van der Waals surface area contributed by atoms with Crippen molar-refractivity contribution in [2.24, 2.45) is 0 Å². The molecule has 8 heteroatoms. The van der Waals surface area contributed by atoms with Crippen LogP contribution in [0.5, 0.6) is 0 Å². The summed E-state index contributed by atoms with van der Waals surface area (Å²) in [6.45, 7) is -0.529. The molecule has 0 radical (unpaired) electrons. The van der Waals surface area contributed by atoms with Crippen molar-refractivity contribution in [2.75, 3.05) is 0 Å². The zero-order valence-electron chi connectivity index (χ0n) is 7.91. The van der Waals surface area contributed by atoms with Gasteiger partial charge in [0.2, 0.25) is 0 Å². The van der Waals surface area contributed by atoms with Crippen LogP contribution < -0.4 is 0 Å². The zero-order chi connectivity index (χ0) is 11.9. The molecule has 0 bridgehead atoms. The fourth-order valence-electron chi connectivity index (χ4n) is 1.58. The topological polar surface area (TPSA) is 55.1 Å². The third-order valence-electron chi connectivity index (χ3n) is 2.21. The van der Waals surface area contributed by atoms with E-state index in [9.17, 15) is 18.0 Å². The third-order valence-corrected chi connectivity index (χ3v) is 3.18. The Labute approximate surface area is 92.4 Å². The number of carboxylic acids is 1. The van der Waals surface area contributed by atoms with Gasteiger partial charge in [0, 0.05) is 17.1 Å². The Kier molecular flexibility index (Phi) is 2.61. The molecule has 1 aromatic rings. The maximum Gasteiger partial charge on any atom is 0.435 e. The van der Waals surface area contributed by atoms with Crippen LogP contribution in [0.15, 0.2) is 0 Å². The number of aliphatic carboxylic acids is 1. The summed E-state index contributed by atoms with van der Waals surface area (Å²) in [5.74, 6) is -0.578. The molecule has 0 saturated carbocycles.